The molecule has 2 heterocycles. The highest BCUT2D eigenvalue weighted by Crippen LogP contribution is 2.34. The summed E-state index contributed by atoms with van der Waals surface area (Å²) in [7, 11) is 0. The Morgan fingerprint density at radius 3 is 2.47 bits per heavy atom. The summed E-state index contributed by atoms with van der Waals surface area (Å²) >= 11 is 6.86. The number of unbranched alkanes of at least 4 members (excludes halogenated alkanes) is 1. The predicted octanol–water partition coefficient (Wildman–Crippen LogP) is 7.33. The Morgan fingerprint density at radius 1 is 0.895 bits per heavy atom. The summed E-state index contributed by atoms with van der Waals surface area (Å²) in [5.74, 6) is 3.38. The van der Waals surface area contributed by atoms with E-state index in [-0.39, 0.29) is 6.79 Å². The molecule has 0 bridgehead atoms. The van der Waals surface area contributed by atoms with Gasteiger partial charge in [0.15, 0.2) is 16.7 Å². The number of halogens is 1. The molecule has 4 aromatic rings. The first kappa shape index (κ1) is 26.1. The lowest BCUT2D eigenvalue weighted by Gasteiger charge is -2.24. The molecule has 6 nitrogen and oxygen atoms in total. The van der Waals surface area contributed by atoms with Gasteiger partial charge in [-0.2, -0.15) is 0 Å². The molecule has 0 fully saturated rings. The number of hydrogen-bond donors (Lipinski definition) is 0. The fraction of sp³-hybridized carbons (Fsp3) is 0.323. The Morgan fingerprint density at radius 2 is 1.68 bits per heavy atom. The summed E-state index contributed by atoms with van der Waals surface area (Å²) in [6.45, 7) is 8.07. The minimum atomic E-state index is 0.265. The van der Waals surface area contributed by atoms with Crippen LogP contribution in [0.2, 0.25) is 5.15 Å². The number of benzene rings is 3. The Hall–Kier alpha value is -3.48. The van der Waals surface area contributed by atoms with Crippen molar-refractivity contribution in [2.24, 2.45) is 0 Å². The van der Waals surface area contributed by atoms with Crippen molar-refractivity contribution in [3.63, 3.8) is 0 Å². The van der Waals surface area contributed by atoms with Gasteiger partial charge in [-0.15, -0.1) is 0 Å². The van der Waals surface area contributed by atoms with Crippen LogP contribution >= 0.6 is 11.6 Å². The number of nitrogens with zero attached hydrogens (tertiary/aromatic N) is 3. The maximum absolute atomic E-state index is 6.86. The summed E-state index contributed by atoms with van der Waals surface area (Å²) in [5, 5.41) is 0.554. The zero-order chi connectivity index (χ0) is 26.3. The van der Waals surface area contributed by atoms with E-state index in [0.717, 1.165) is 65.8 Å². The second-order valence-corrected chi connectivity index (χ2v) is 9.82. The van der Waals surface area contributed by atoms with Gasteiger partial charge < -0.3 is 18.8 Å². The summed E-state index contributed by atoms with van der Waals surface area (Å²) in [6.07, 6.45) is 2.15. The Kier molecular flexibility index (Phi) is 8.51. The molecule has 7 heteroatoms. The van der Waals surface area contributed by atoms with Gasteiger partial charge in [0, 0.05) is 31.7 Å². The highest BCUT2D eigenvalue weighted by molar-refractivity contribution is 6.30. The molecule has 198 valence electrons. The van der Waals surface area contributed by atoms with Crippen molar-refractivity contribution in [1.29, 1.82) is 0 Å². The van der Waals surface area contributed by atoms with E-state index in [1.807, 2.05) is 43.3 Å². The van der Waals surface area contributed by atoms with Crippen LogP contribution in [0.15, 0.2) is 72.8 Å². The Labute approximate surface area is 229 Å². The molecule has 0 radical (unpaired) electrons. The van der Waals surface area contributed by atoms with E-state index in [1.54, 1.807) is 0 Å². The third-order valence-electron chi connectivity index (χ3n) is 6.62. The van der Waals surface area contributed by atoms with Gasteiger partial charge in [-0.25, -0.2) is 4.98 Å². The van der Waals surface area contributed by atoms with E-state index < -0.39 is 0 Å². The lowest BCUT2D eigenvalue weighted by Crippen LogP contribution is -2.24. The molecule has 0 amide bonds. The van der Waals surface area contributed by atoms with Gasteiger partial charge in [0.2, 0.25) is 6.79 Å². The van der Waals surface area contributed by atoms with Gasteiger partial charge in [0.1, 0.15) is 11.6 Å². The monoisotopic (exact) mass is 531 g/mol. The van der Waals surface area contributed by atoms with Crippen molar-refractivity contribution in [3.8, 4) is 28.6 Å². The van der Waals surface area contributed by atoms with Crippen molar-refractivity contribution in [2.75, 3.05) is 13.4 Å². The largest absolute Gasteiger partial charge is 0.494 e. The van der Waals surface area contributed by atoms with Crippen molar-refractivity contribution in [1.82, 2.24) is 14.5 Å². The molecule has 0 spiro atoms. The van der Waals surface area contributed by atoms with Gasteiger partial charge >= 0.3 is 0 Å². The Balaban J connectivity index is 1.48. The van der Waals surface area contributed by atoms with Crippen LogP contribution in [0.1, 0.15) is 43.5 Å². The van der Waals surface area contributed by atoms with E-state index in [1.165, 1.54) is 5.56 Å². The number of aromatic nitrogens is 2. The SMILES string of the molecule is CCCCn1c(-c2ccccc2)nc(Cl)c1CN(Cc1cccc(OCC)c1)Cc1ccc2c(c1)OCO2. The molecule has 1 aliphatic rings. The first-order valence-electron chi connectivity index (χ1n) is 13.3. The molecule has 0 N–H and O–H groups in total. The second kappa shape index (κ2) is 12.4. The number of ether oxygens (including phenoxy) is 3. The molecule has 38 heavy (non-hydrogen) atoms. The Bertz CT molecular complexity index is 1360. The van der Waals surface area contributed by atoms with Crippen LogP contribution in [-0.2, 0) is 26.2 Å². The molecule has 0 saturated carbocycles. The summed E-state index contributed by atoms with van der Waals surface area (Å²) in [4.78, 5) is 7.22. The number of rotatable bonds is 12. The quantitative estimate of drug-likeness (QED) is 0.191. The van der Waals surface area contributed by atoms with Crippen molar-refractivity contribution in [2.45, 2.75) is 52.9 Å². The summed E-state index contributed by atoms with van der Waals surface area (Å²) in [5.41, 5.74) is 4.43. The van der Waals surface area contributed by atoms with Crippen LogP contribution in [0.3, 0.4) is 0 Å². The lowest BCUT2D eigenvalue weighted by molar-refractivity contribution is 0.174. The van der Waals surface area contributed by atoms with Crippen molar-refractivity contribution >= 4 is 11.6 Å². The molecular weight excluding hydrogens is 498 g/mol. The van der Waals surface area contributed by atoms with Crippen LogP contribution < -0.4 is 14.2 Å². The topological polar surface area (TPSA) is 48.8 Å². The zero-order valence-corrected chi connectivity index (χ0v) is 22.8. The van der Waals surface area contributed by atoms with Crippen LogP contribution in [0.25, 0.3) is 11.4 Å². The molecule has 5 rings (SSSR count). The summed E-state index contributed by atoms with van der Waals surface area (Å²) < 4.78 is 19.2. The van der Waals surface area contributed by atoms with Crippen molar-refractivity contribution < 1.29 is 14.2 Å². The molecule has 0 atom stereocenters. The summed E-state index contributed by atoms with van der Waals surface area (Å²) in [6, 6.07) is 24.7. The van der Waals surface area contributed by atoms with Crippen LogP contribution in [0.5, 0.6) is 17.2 Å². The molecule has 0 saturated heterocycles. The molecule has 1 aromatic heterocycles. The van der Waals surface area contributed by atoms with Gasteiger partial charge in [-0.3, -0.25) is 4.90 Å². The maximum atomic E-state index is 6.86. The molecule has 0 aliphatic carbocycles. The van der Waals surface area contributed by atoms with Gasteiger partial charge in [0.25, 0.3) is 0 Å². The first-order valence-corrected chi connectivity index (χ1v) is 13.6. The fourth-order valence-corrected chi connectivity index (χ4v) is 5.05. The van der Waals surface area contributed by atoms with E-state index in [2.05, 4.69) is 52.8 Å². The van der Waals surface area contributed by atoms with Crippen LogP contribution in [0.4, 0.5) is 0 Å². The highest BCUT2D eigenvalue weighted by Gasteiger charge is 2.21. The van der Waals surface area contributed by atoms with Gasteiger partial charge in [0.05, 0.1) is 12.3 Å². The van der Waals surface area contributed by atoms with Gasteiger partial charge in [-0.05, 0) is 48.7 Å². The fourth-order valence-electron chi connectivity index (χ4n) is 4.81. The van der Waals surface area contributed by atoms with Crippen molar-refractivity contribution in [3.05, 3.63) is 94.8 Å². The number of hydrogen-bond acceptors (Lipinski definition) is 5. The first-order chi connectivity index (χ1) is 18.6. The zero-order valence-electron chi connectivity index (χ0n) is 22.0. The predicted molar refractivity (Wildman–Crippen MR) is 151 cm³/mol. The van der Waals surface area contributed by atoms with E-state index in [9.17, 15) is 0 Å². The van der Waals surface area contributed by atoms with E-state index >= 15 is 0 Å². The second-order valence-electron chi connectivity index (χ2n) is 9.46. The van der Waals surface area contributed by atoms with Gasteiger partial charge in [-0.1, -0.05) is 73.5 Å². The average molecular weight is 532 g/mol. The number of imidazole rings is 1. The third-order valence-corrected chi connectivity index (χ3v) is 6.93. The number of fused-ring (bicyclic) bond motifs is 1. The standard InChI is InChI=1S/C31H34ClN3O3/c1-3-5-16-35-27(30(32)33-31(35)25-11-7-6-8-12-25)21-34(19-23-10-9-13-26(17-23)36-4-2)20-24-14-15-28-29(18-24)38-22-37-28/h6-15,17-18H,3-5,16,19-22H2,1-2H3. The molecular formula is C31H34ClN3O3. The van der Waals surface area contributed by atoms with E-state index in [0.29, 0.717) is 24.8 Å². The molecule has 0 unspecified atom stereocenters. The lowest BCUT2D eigenvalue weighted by atomic mass is 10.1. The highest BCUT2D eigenvalue weighted by atomic mass is 35.5. The smallest absolute Gasteiger partial charge is 0.231 e. The molecule has 3 aromatic carbocycles. The third kappa shape index (κ3) is 6.14. The van der Waals surface area contributed by atoms with E-state index in [4.69, 9.17) is 30.8 Å². The minimum absolute atomic E-state index is 0.265. The maximum Gasteiger partial charge on any atom is 0.231 e. The normalized spacial score (nSPS) is 12.3. The van der Waals surface area contributed by atoms with Crippen LogP contribution in [-0.4, -0.2) is 27.9 Å². The molecule has 1 aliphatic heterocycles. The minimum Gasteiger partial charge on any atom is -0.494 e. The van der Waals surface area contributed by atoms with Crippen LogP contribution in [0, 0.1) is 0 Å². The average Bonchev–Trinajstić information content (AvgIpc) is 3.52.